The molecule has 1 saturated carbocycles. The predicted molar refractivity (Wildman–Crippen MR) is 77.8 cm³/mol. The topological polar surface area (TPSA) is 64.3 Å². The fourth-order valence-corrected chi connectivity index (χ4v) is 2.71. The van der Waals surface area contributed by atoms with Gasteiger partial charge in [-0.05, 0) is 50.5 Å². The van der Waals surface area contributed by atoms with Crippen LogP contribution in [0.4, 0.5) is 0 Å². The maximum absolute atomic E-state index is 11.9. The normalized spacial score (nSPS) is 19.0. The van der Waals surface area contributed by atoms with Crippen LogP contribution in [0.15, 0.2) is 0 Å². The molecular formula is C15H30N2O2. The summed E-state index contributed by atoms with van der Waals surface area (Å²) in [6, 6.07) is 0. The third-order valence-corrected chi connectivity index (χ3v) is 4.53. The Balaban J connectivity index is 2.23. The molecule has 0 saturated heterocycles. The van der Waals surface area contributed by atoms with Crippen LogP contribution in [0.2, 0.25) is 0 Å². The van der Waals surface area contributed by atoms with Gasteiger partial charge in [-0.15, -0.1) is 0 Å². The van der Waals surface area contributed by atoms with Gasteiger partial charge in [-0.25, -0.2) is 0 Å². The summed E-state index contributed by atoms with van der Waals surface area (Å²) in [6.07, 6.45) is 5.86. The molecule has 0 heterocycles. The molecule has 4 heteroatoms. The van der Waals surface area contributed by atoms with E-state index in [0.29, 0.717) is 31.3 Å². The third kappa shape index (κ3) is 5.11. The second-order valence-corrected chi connectivity index (χ2v) is 6.14. The Morgan fingerprint density at radius 2 is 2.05 bits per heavy atom. The van der Waals surface area contributed by atoms with Crippen LogP contribution in [0.3, 0.4) is 0 Å². The Kier molecular flexibility index (Phi) is 6.80. The van der Waals surface area contributed by atoms with Crippen LogP contribution in [-0.4, -0.2) is 31.7 Å². The highest BCUT2D eigenvalue weighted by Gasteiger charge is 2.37. The van der Waals surface area contributed by atoms with Gasteiger partial charge in [0.05, 0.1) is 5.60 Å². The minimum Gasteiger partial charge on any atom is -0.376 e. The Morgan fingerprint density at radius 3 is 2.47 bits per heavy atom. The molecular weight excluding hydrogens is 240 g/mol. The van der Waals surface area contributed by atoms with Gasteiger partial charge in [0, 0.05) is 20.1 Å². The highest BCUT2D eigenvalue weighted by Crippen LogP contribution is 2.34. The zero-order valence-electron chi connectivity index (χ0n) is 12.7. The Labute approximate surface area is 117 Å². The lowest BCUT2D eigenvalue weighted by atomic mass is 9.80. The Bertz CT molecular complexity index is 270. The van der Waals surface area contributed by atoms with Crippen LogP contribution < -0.4 is 11.1 Å². The van der Waals surface area contributed by atoms with E-state index < -0.39 is 0 Å². The van der Waals surface area contributed by atoms with Gasteiger partial charge in [-0.3, -0.25) is 4.79 Å². The second kappa shape index (κ2) is 7.85. The zero-order chi connectivity index (χ0) is 14.3. The molecule has 1 aliphatic carbocycles. The summed E-state index contributed by atoms with van der Waals surface area (Å²) in [4.78, 5) is 11.9. The van der Waals surface area contributed by atoms with Crippen molar-refractivity contribution in [1.29, 1.82) is 0 Å². The molecule has 19 heavy (non-hydrogen) atoms. The van der Waals surface area contributed by atoms with Gasteiger partial charge in [0.1, 0.15) is 0 Å². The maximum Gasteiger partial charge on any atom is 0.220 e. The summed E-state index contributed by atoms with van der Waals surface area (Å²) in [5, 5.41) is 3.02. The van der Waals surface area contributed by atoms with E-state index in [2.05, 4.69) is 19.2 Å². The van der Waals surface area contributed by atoms with Gasteiger partial charge < -0.3 is 15.8 Å². The molecule has 0 radical (unpaired) electrons. The number of hydrogen-bond acceptors (Lipinski definition) is 3. The van der Waals surface area contributed by atoms with Gasteiger partial charge in [-0.2, -0.15) is 0 Å². The molecule has 0 aliphatic heterocycles. The zero-order valence-corrected chi connectivity index (χ0v) is 12.7. The molecule has 4 nitrogen and oxygen atoms in total. The van der Waals surface area contributed by atoms with Crippen molar-refractivity contribution < 1.29 is 9.53 Å². The van der Waals surface area contributed by atoms with E-state index in [9.17, 15) is 4.79 Å². The van der Waals surface area contributed by atoms with E-state index >= 15 is 0 Å². The van der Waals surface area contributed by atoms with Crippen LogP contribution in [0.5, 0.6) is 0 Å². The van der Waals surface area contributed by atoms with E-state index in [1.165, 1.54) is 6.42 Å². The van der Waals surface area contributed by atoms with Gasteiger partial charge in [0.25, 0.3) is 0 Å². The number of nitrogens with one attached hydrogen (secondary N) is 1. The van der Waals surface area contributed by atoms with E-state index in [0.717, 1.165) is 25.7 Å². The minimum atomic E-state index is -0.0790. The standard InChI is InChI=1S/C15H30N2O2/c1-12(2)13(7-10-16)5-6-14(18)17-11-15(19-3)8-4-9-15/h12-13H,4-11,16H2,1-3H3,(H,17,18). The van der Waals surface area contributed by atoms with Crippen molar-refractivity contribution in [2.45, 2.75) is 58.0 Å². The van der Waals surface area contributed by atoms with Crippen LogP contribution >= 0.6 is 0 Å². The van der Waals surface area contributed by atoms with Crippen LogP contribution in [0.25, 0.3) is 0 Å². The molecule has 1 unspecified atom stereocenters. The van der Waals surface area contributed by atoms with Crippen molar-refractivity contribution in [2.75, 3.05) is 20.2 Å². The lowest BCUT2D eigenvalue weighted by Gasteiger charge is -2.40. The first-order chi connectivity index (χ1) is 9.03. The fraction of sp³-hybridized carbons (Fsp3) is 0.933. The van der Waals surface area contributed by atoms with Crippen molar-refractivity contribution in [3.05, 3.63) is 0 Å². The maximum atomic E-state index is 11.9. The number of rotatable bonds is 9. The number of amides is 1. The molecule has 0 bridgehead atoms. The SMILES string of the molecule is COC1(CNC(=O)CCC(CCN)C(C)C)CCC1. The molecule has 1 rings (SSSR count). The molecule has 3 N–H and O–H groups in total. The highest BCUT2D eigenvalue weighted by molar-refractivity contribution is 5.75. The van der Waals surface area contributed by atoms with Crippen molar-refractivity contribution in [1.82, 2.24) is 5.32 Å². The molecule has 0 spiro atoms. The fourth-order valence-electron chi connectivity index (χ4n) is 2.71. The molecule has 1 amide bonds. The van der Waals surface area contributed by atoms with Crippen molar-refractivity contribution in [3.8, 4) is 0 Å². The molecule has 0 aromatic carbocycles. The smallest absolute Gasteiger partial charge is 0.220 e. The molecule has 1 fully saturated rings. The summed E-state index contributed by atoms with van der Waals surface area (Å²) < 4.78 is 5.50. The monoisotopic (exact) mass is 270 g/mol. The molecule has 0 aromatic heterocycles. The first-order valence-electron chi connectivity index (χ1n) is 7.55. The number of methoxy groups -OCH3 is 1. The molecule has 112 valence electrons. The van der Waals surface area contributed by atoms with E-state index in [4.69, 9.17) is 10.5 Å². The summed E-state index contributed by atoms with van der Waals surface area (Å²) in [6.45, 7) is 5.77. The average molecular weight is 270 g/mol. The number of hydrogen-bond donors (Lipinski definition) is 2. The molecule has 1 aliphatic rings. The summed E-state index contributed by atoms with van der Waals surface area (Å²) in [5.74, 6) is 1.29. The van der Waals surface area contributed by atoms with Crippen molar-refractivity contribution >= 4 is 5.91 Å². The van der Waals surface area contributed by atoms with Crippen molar-refractivity contribution in [3.63, 3.8) is 0 Å². The molecule has 1 atom stereocenters. The van der Waals surface area contributed by atoms with Crippen molar-refractivity contribution in [2.24, 2.45) is 17.6 Å². The Morgan fingerprint density at radius 1 is 1.37 bits per heavy atom. The number of nitrogens with two attached hydrogens (primary N) is 1. The van der Waals surface area contributed by atoms with Crippen LogP contribution in [0, 0.1) is 11.8 Å². The van der Waals surface area contributed by atoms with Crippen LogP contribution in [-0.2, 0) is 9.53 Å². The summed E-state index contributed by atoms with van der Waals surface area (Å²) in [5.41, 5.74) is 5.54. The number of carbonyl (C=O) groups is 1. The van der Waals surface area contributed by atoms with Gasteiger partial charge >= 0.3 is 0 Å². The number of carbonyl (C=O) groups excluding carboxylic acids is 1. The average Bonchev–Trinajstić information content (AvgIpc) is 2.33. The third-order valence-electron chi connectivity index (χ3n) is 4.53. The summed E-state index contributed by atoms with van der Waals surface area (Å²) in [7, 11) is 1.74. The minimum absolute atomic E-state index is 0.0790. The van der Waals surface area contributed by atoms with Gasteiger partial charge in [-0.1, -0.05) is 13.8 Å². The van der Waals surface area contributed by atoms with E-state index in [1.54, 1.807) is 7.11 Å². The Hall–Kier alpha value is -0.610. The highest BCUT2D eigenvalue weighted by atomic mass is 16.5. The lowest BCUT2D eigenvalue weighted by Crippen LogP contribution is -2.49. The predicted octanol–water partition coefficient (Wildman–Crippen LogP) is 2.07. The van der Waals surface area contributed by atoms with Crippen LogP contribution in [0.1, 0.15) is 52.4 Å². The largest absolute Gasteiger partial charge is 0.376 e. The van der Waals surface area contributed by atoms with E-state index in [-0.39, 0.29) is 11.5 Å². The quantitative estimate of drug-likeness (QED) is 0.674. The van der Waals surface area contributed by atoms with Gasteiger partial charge in [0.2, 0.25) is 5.91 Å². The first-order valence-corrected chi connectivity index (χ1v) is 7.55. The first kappa shape index (κ1) is 16.4. The van der Waals surface area contributed by atoms with E-state index in [1.807, 2.05) is 0 Å². The van der Waals surface area contributed by atoms with Gasteiger partial charge in [0.15, 0.2) is 0 Å². The summed E-state index contributed by atoms with van der Waals surface area (Å²) >= 11 is 0. The number of ether oxygens (including phenoxy) is 1. The molecule has 0 aromatic rings. The second-order valence-electron chi connectivity index (χ2n) is 6.14. The lowest BCUT2D eigenvalue weighted by molar-refractivity contribution is -0.125.